The number of piperazine rings is 1. The first-order chi connectivity index (χ1) is 9.14. The van der Waals surface area contributed by atoms with Crippen molar-refractivity contribution in [1.82, 2.24) is 5.32 Å². The van der Waals surface area contributed by atoms with Gasteiger partial charge in [-0.05, 0) is 37.5 Å². The van der Waals surface area contributed by atoms with E-state index in [2.05, 4.69) is 43.1 Å². The third-order valence-corrected chi connectivity index (χ3v) is 4.83. The van der Waals surface area contributed by atoms with Crippen LogP contribution in [0.1, 0.15) is 40.0 Å². The van der Waals surface area contributed by atoms with Gasteiger partial charge in [0.15, 0.2) is 0 Å². The van der Waals surface area contributed by atoms with Crippen LogP contribution >= 0.6 is 11.6 Å². The van der Waals surface area contributed by atoms with Gasteiger partial charge in [0.25, 0.3) is 0 Å². The van der Waals surface area contributed by atoms with E-state index in [0.717, 1.165) is 37.4 Å². The summed E-state index contributed by atoms with van der Waals surface area (Å²) in [5, 5.41) is 4.60. The third-order valence-electron chi connectivity index (χ3n) is 4.59. The lowest BCUT2D eigenvalue weighted by atomic mass is 9.88. The molecular formula is C16H25ClN2. The molecule has 0 aromatic heterocycles. The lowest BCUT2D eigenvalue weighted by Gasteiger charge is -2.48. The summed E-state index contributed by atoms with van der Waals surface area (Å²) in [6.45, 7) is 8.94. The number of halogens is 1. The van der Waals surface area contributed by atoms with E-state index in [-0.39, 0.29) is 5.54 Å². The summed E-state index contributed by atoms with van der Waals surface area (Å²) in [4.78, 5) is 2.54. The molecule has 106 valence electrons. The van der Waals surface area contributed by atoms with Crippen LogP contribution in [-0.4, -0.2) is 24.7 Å². The van der Waals surface area contributed by atoms with Crippen molar-refractivity contribution in [3.05, 3.63) is 29.3 Å². The van der Waals surface area contributed by atoms with Gasteiger partial charge in [0.1, 0.15) is 0 Å². The average Bonchev–Trinajstić information content (AvgIpc) is 2.46. The molecule has 1 N–H and O–H groups in total. The predicted octanol–water partition coefficient (Wildman–Crippen LogP) is 4.09. The van der Waals surface area contributed by atoms with Gasteiger partial charge in [-0.2, -0.15) is 0 Å². The smallest absolute Gasteiger partial charge is 0.0426 e. The summed E-state index contributed by atoms with van der Waals surface area (Å²) >= 11 is 6.15. The van der Waals surface area contributed by atoms with Gasteiger partial charge in [-0.15, -0.1) is 0 Å². The van der Waals surface area contributed by atoms with Crippen molar-refractivity contribution >= 4 is 17.3 Å². The maximum Gasteiger partial charge on any atom is 0.0426 e. The highest BCUT2D eigenvalue weighted by atomic mass is 35.5. The van der Waals surface area contributed by atoms with Gasteiger partial charge in [-0.3, -0.25) is 0 Å². The lowest BCUT2D eigenvalue weighted by molar-refractivity contribution is 0.246. The molecule has 2 rings (SSSR count). The van der Waals surface area contributed by atoms with Gasteiger partial charge < -0.3 is 10.2 Å². The Bertz CT molecular complexity index is 415. The third kappa shape index (κ3) is 3.06. The van der Waals surface area contributed by atoms with E-state index in [9.17, 15) is 0 Å². The first kappa shape index (κ1) is 14.7. The van der Waals surface area contributed by atoms with Crippen molar-refractivity contribution in [2.24, 2.45) is 0 Å². The molecule has 1 heterocycles. The average molecular weight is 281 g/mol. The van der Waals surface area contributed by atoms with Gasteiger partial charge in [0, 0.05) is 35.4 Å². The second kappa shape index (κ2) is 6.15. The van der Waals surface area contributed by atoms with Crippen molar-refractivity contribution in [2.45, 2.75) is 51.6 Å². The monoisotopic (exact) mass is 280 g/mol. The lowest BCUT2D eigenvalue weighted by Crippen LogP contribution is -2.64. The summed E-state index contributed by atoms with van der Waals surface area (Å²) in [5.41, 5.74) is 1.50. The summed E-state index contributed by atoms with van der Waals surface area (Å²) in [6, 6.07) is 8.82. The molecule has 1 aromatic carbocycles. The van der Waals surface area contributed by atoms with Crippen molar-refractivity contribution in [3.8, 4) is 0 Å². The molecule has 2 nitrogen and oxygen atoms in total. The van der Waals surface area contributed by atoms with Crippen LogP contribution in [-0.2, 0) is 0 Å². The van der Waals surface area contributed by atoms with E-state index >= 15 is 0 Å². The minimum atomic E-state index is 0.244. The van der Waals surface area contributed by atoms with Crippen LogP contribution in [0.2, 0.25) is 5.02 Å². The van der Waals surface area contributed by atoms with Crippen LogP contribution in [0.3, 0.4) is 0 Å². The Labute approximate surface area is 122 Å². The number of hydrogen-bond acceptors (Lipinski definition) is 2. The zero-order chi connectivity index (χ0) is 13.9. The molecule has 1 aliphatic rings. The molecule has 19 heavy (non-hydrogen) atoms. The zero-order valence-electron chi connectivity index (χ0n) is 12.2. The van der Waals surface area contributed by atoms with Crippen LogP contribution < -0.4 is 10.2 Å². The van der Waals surface area contributed by atoms with Gasteiger partial charge >= 0.3 is 0 Å². The van der Waals surface area contributed by atoms with Crippen LogP contribution in [0.15, 0.2) is 24.3 Å². The highest BCUT2D eigenvalue weighted by Crippen LogP contribution is 2.29. The molecule has 0 bridgehead atoms. The molecule has 1 aromatic rings. The second-order valence-corrected chi connectivity index (χ2v) is 5.97. The van der Waals surface area contributed by atoms with E-state index in [0.29, 0.717) is 6.04 Å². The van der Waals surface area contributed by atoms with Crippen molar-refractivity contribution in [1.29, 1.82) is 0 Å². The normalized spacial score (nSPS) is 22.5. The molecule has 1 aliphatic heterocycles. The molecule has 1 atom stereocenters. The van der Waals surface area contributed by atoms with Gasteiger partial charge in [-0.1, -0.05) is 38.4 Å². The topological polar surface area (TPSA) is 15.3 Å². The Morgan fingerprint density at radius 1 is 1.32 bits per heavy atom. The van der Waals surface area contributed by atoms with Crippen molar-refractivity contribution < 1.29 is 0 Å². The molecule has 3 heteroatoms. The molecule has 1 unspecified atom stereocenters. The summed E-state index contributed by atoms with van der Waals surface area (Å²) in [7, 11) is 0. The fourth-order valence-electron chi connectivity index (χ4n) is 3.00. The standard InChI is InChI=1S/C16H25ClN2/c1-4-14-11-18-16(5-2,6-3)12-19(14)15-9-7-8-13(17)10-15/h7-10,14,18H,4-6,11-12H2,1-3H3. The quantitative estimate of drug-likeness (QED) is 0.894. The first-order valence-corrected chi connectivity index (χ1v) is 7.79. The van der Waals surface area contributed by atoms with E-state index < -0.39 is 0 Å². The first-order valence-electron chi connectivity index (χ1n) is 7.41. The molecule has 0 amide bonds. The van der Waals surface area contributed by atoms with Crippen LogP contribution in [0.5, 0.6) is 0 Å². The van der Waals surface area contributed by atoms with E-state index in [1.165, 1.54) is 5.69 Å². The number of benzene rings is 1. The second-order valence-electron chi connectivity index (χ2n) is 5.54. The Balaban J connectivity index is 2.28. The predicted molar refractivity (Wildman–Crippen MR) is 84.2 cm³/mol. The summed E-state index contributed by atoms with van der Waals surface area (Å²) in [6.07, 6.45) is 3.48. The van der Waals surface area contributed by atoms with E-state index in [1.807, 2.05) is 12.1 Å². The van der Waals surface area contributed by atoms with Gasteiger partial charge in [-0.25, -0.2) is 0 Å². The summed E-state index contributed by atoms with van der Waals surface area (Å²) in [5.74, 6) is 0. The minimum absolute atomic E-state index is 0.244. The molecule has 0 radical (unpaired) electrons. The highest BCUT2D eigenvalue weighted by molar-refractivity contribution is 6.30. The number of hydrogen-bond donors (Lipinski definition) is 1. The van der Waals surface area contributed by atoms with Crippen molar-refractivity contribution in [2.75, 3.05) is 18.0 Å². The van der Waals surface area contributed by atoms with E-state index in [4.69, 9.17) is 11.6 Å². The SMILES string of the molecule is CCC1CNC(CC)(CC)CN1c1cccc(Cl)c1. The maximum atomic E-state index is 6.15. The van der Waals surface area contributed by atoms with Crippen LogP contribution in [0, 0.1) is 0 Å². The zero-order valence-corrected chi connectivity index (χ0v) is 13.0. The molecule has 1 saturated heterocycles. The molecule has 0 aliphatic carbocycles. The number of anilines is 1. The van der Waals surface area contributed by atoms with Gasteiger partial charge in [0.2, 0.25) is 0 Å². The Morgan fingerprint density at radius 3 is 2.63 bits per heavy atom. The molecular weight excluding hydrogens is 256 g/mol. The largest absolute Gasteiger partial charge is 0.365 e. The number of nitrogens with zero attached hydrogens (tertiary/aromatic N) is 1. The fraction of sp³-hybridized carbons (Fsp3) is 0.625. The van der Waals surface area contributed by atoms with Crippen LogP contribution in [0.25, 0.3) is 0 Å². The maximum absolute atomic E-state index is 6.15. The highest BCUT2D eigenvalue weighted by Gasteiger charge is 2.36. The fourth-order valence-corrected chi connectivity index (χ4v) is 3.19. The molecule has 1 fully saturated rings. The minimum Gasteiger partial charge on any atom is -0.365 e. The Hall–Kier alpha value is -0.730. The number of rotatable bonds is 4. The molecule has 0 saturated carbocycles. The van der Waals surface area contributed by atoms with Gasteiger partial charge in [0.05, 0.1) is 0 Å². The molecule has 0 spiro atoms. The van der Waals surface area contributed by atoms with E-state index in [1.54, 1.807) is 0 Å². The summed E-state index contributed by atoms with van der Waals surface area (Å²) < 4.78 is 0. The Morgan fingerprint density at radius 2 is 2.05 bits per heavy atom. The Kier molecular flexibility index (Phi) is 4.75. The number of nitrogens with one attached hydrogen (secondary N) is 1. The van der Waals surface area contributed by atoms with Crippen molar-refractivity contribution in [3.63, 3.8) is 0 Å². The van der Waals surface area contributed by atoms with Crippen LogP contribution in [0.4, 0.5) is 5.69 Å².